The fourth-order valence-corrected chi connectivity index (χ4v) is 5.50. The summed E-state index contributed by atoms with van der Waals surface area (Å²) in [5, 5.41) is 9.01. The monoisotopic (exact) mass is 394 g/mol. The molecular weight excluding hydrogens is 364 g/mol. The van der Waals surface area contributed by atoms with Gasteiger partial charge in [-0.15, -0.1) is 10.2 Å². The van der Waals surface area contributed by atoms with Crippen LogP contribution in [0.25, 0.3) is 16.8 Å². The number of hydrogen-bond donors (Lipinski definition) is 1. The highest BCUT2D eigenvalue weighted by Gasteiger charge is 2.39. The number of nitrogens with one attached hydrogen (secondary N) is 1. The number of hydrogen-bond acceptors (Lipinski definition) is 5. The number of H-pyrrole nitrogens is 1. The van der Waals surface area contributed by atoms with Crippen molar-refractivity contribution in [3.63, 3.8) is 0 Å². The zero-order chi connectivity index (χ0) is 19.8. The van der Waals surface area contributed by atoms with Crippen molar-refractivity contribution in [3.05, 3.63) is 24.3 Å². The molecule has 0 radical (unpaired) electrons. The van der Waals surface area contributed by atoms with Crippen LogP contribution in [0.2, 0.25) is 0 Å². The van der Waals surface area contributed by atoms with Gasteiger partial charge in [-0.1, -0.05) is 13.3 Å². The summed E-state index contributed by atoms with van der Waals surface area (Å²) < 4.78 is 8.78. The minimum absolute atomic E-state index is 0.319. The van der Waals surface area contributed by atoms with Crippen LogP contribution >= 0.6 is 0 Å². The first kappa shape index (κ1) is 18.7. The van der Waals surface area contributed by atoms with E-state index in [1.807, 2.05) is 6.20 Å². The van der Waals surface area contributed by atoms with E-state index in [4.69, 9.17) is 4.74 Å². The summed E-state index contributed by atoms with van der Waals surface area (Å²) >= 11 is 0. The van der Waals surface area contributed by atoms with E-state index in [1.165, 1.54) is 12.8 Å². The van der Waals surface area contributed by atoms with Gasteiger partial charge in [-0.05, 0) is 63.1 Å². The van der Waals surface area contributed by atoms with E-state index in [0.717, 1.165) is 61.3 Å². The van der Waals surface area contributed by atoms with E-state index < -0.39 is 0 Å². The molecule has 0 saturated heterocycles. The average Bonchev–Trinajstić information content (AvgIpc) is 3.46. The lowest BCUT2D eigenvalue weighted by Crippen LogP contribution is -2.26. The van der Waals surface area contributed by atoms with Crippen LogP contribution in [0, 0.1) is 11.8 Å². The molecule has 3 atom stereocenters. The number of ether oxygens (including phenoxy) is 1. The van der Waals surface area contributed by atoms with Gasteiger partial charge in [0.1, 0.15) is 5.82 Å². The third-order valence-corrected chi connectivity index (χ3v) is 7.04. The molecule has 2 aliphatic carbocycles. The minimum atomic E-state index is 0.319. The standard InChI is InChI=1S/C22H30N6O/c1-3-15-10-17(29-16-6-4-14(5-7-16)12-23-2)11-18(15)22-27-26-20-13-25-21-19(28(20)22)8-9-24-21/h8-9,13-18,24H,2-7,10-12H2,1H3/t14?,15-,16?,17-,18+/m1/s1. The van der Waals surface area contributed by atoms with Crippen LogP contribution in [0.3, 0.4) is 0 Å². The summed E-state index contributed by atoms with van der Waals surface area (Å²) in [5.41, 5.74) is 2.75. The zero-order valence-corrected chi connectivity index (χ0v) is 17.1. The summed E-state index contributed by atoms with van der Waals surface area (Å²) in [4.78, 5) is 11.7. The Morgan fingerprint density at radius 3 is 2.86 bits per heavy atom. The molecule has 0 aliphatic heterocycles. The first-order valence-electron chi connectivity index (χ1n) is 11.0. The van der Waals surface area contributed by atoms with E-state index in [9.17, 15) is 0 Å². The second kappa shape index (κ2) is 7.86. The third-order valence-electron chi connectivity index (χ3n) is 7.04. The Morgan fingerprint density at radius 1 is 1.21 bits per heavy atom. The number of fused-ring (bicyclic) bond motifs is 3. The second-order valence-electron chi connectivity index (χ2n) is 8.77. The summed E-state index contributed by atoms with van der Waals surface area (Å²) in [5.74, 6) is 2.72. The van der Waals surface area contributed by atoms with E-state index in [-0.39, 0.29) is 0 Å². The van der Waals surface area contributed by atoms with Gasteiger partial charge in [0, 0.05) is 18.7 Å². The Kier molecular flexibility index (Phi) is 5.08. The highest BCUT2D eigenvalue weighted by atomic mass is 16.5. The summed E-state index contributed by atoms with van der Waals surface area (Å²) in [6, 6.07) is 2.06. The summed E-state index contributed by atoms with van der Waals surface area (Å²) in [6.45, 7) is 6.83. The molecule has 154 valence electrons. The maximum absolute atomic E-state index is 6.60. The number of nitrogens with zero attached hydrogens (tertiary/aromatic N) is 5. The zero-order valence-electron chi connectivity index (χ0n) is 17.1. The topological polar surface area (TPSA) is 80.5 Å². The molecule has 1 N–H and O–H groups in total. The third kappa shape index (κ3) is 3.45. The van der Waals surface area contributed by atoms with Crippen LogP contribution in [-0.4, -0.2) is 50.0 Å². The fourth-order valence-electron chi connectivity index (χ4n) is 5.50. The molecule has 5 rings (SSSR count). The second-order valence-corrected chi connectivity index (χ2v) is 8.77. The molecule has 2 saturated carbocycles. The van der Waals surface area contributed by atoms with Crippen molar-refractivity contribution < 1.29 is 4.74 Å². The van der Waals surface area contributed by atoms with Crippen molar-refractivity contribution in [2.24, 2.45) is 16.8 Å². The molecule has 3 aromatic heterocycles. The minimum Gasteiger partial charge on any atom is -0.375 e. The predicted octanol–water partition coefficient (Wildman–Crippen LogP) is 4.15. The van der Waals surface area contributed by atoms with Crippen LogP contribution in [-0.2, 0) is 4.74 Å². The van der Waals surface area contributed by atoms with Crippen LogP contribution in [0.5, 0.6) is 0 Å². The van der Waals surface area contributed by atoms with Crippen LogP contribution in [0.1, 0.15) is 63.6 Å². The molecule has 0 spiro atoms. The van der Waals surface area contributed by atoms with Gasteiger partial charge < -0.3 is 14.7 Å². The molecule has 0 aromatic carbocycles. The van der Waals surface area contributed by atoms with Gasteiger partial charge >= 0.3 is 0 Å². The van der Waals surface area contributed by atoms with Crippen molar-refractivity contribution in [1.29, 1.82) is 0 Å². The van der Waals surface area contributed by atoms with Crippen LogP contribution in [0.4, 0.5) is 0 Å². The molecule has 3 aromatic rings. The number of aromatic nitrogens is 5. The van der Waals surface area contributed by atoms with E-state index in [1.54, 1.807) is 6.20 Å². The summed E-state index contributed by atoms with van der Waals surface area (Å²) in [7, 11) is 0. The lowest BCUT2D eigenvalue weighted by molar-refractivity contribution is -0.0343. The Morgan fingerprint density at radius 2 is 2.07 bits per heavy atom. The van der Waals surface area contributed by atoms with E-state index >= 15 is 0 Å². The van der Waals surface area contributed by atoms with Gasteiger partial charge in [-0.2, -0.15) is 0 Å². The number of aromatic amines is 1. The molecule has 0 unspecified atom stereocenters. The smallest absolute Gasteiger partial charge is 0.179 e. The molecule has 7 nitrogen and oxygen atoms in total. The predicted molar refractivity (Wildman–Crippen MR) is 113 cm³/mol. The Bertz CT molecular complexity index is 986. The first-order valence-corrected chi connectivity index (χ1v) is 11.0. The average molecular weight is 395 g/mol. The largest absolute Gasteiger partial charge is 0.375 e. The highest BCUT2D eigenvalue weighted by molar-refractivity contribution is 5.74. The van der Waals surface area contributed by atoms with Crippen molar-refractivity contribution in [1.82, 2.24) is 24.6 Å². The quantitative estimate of drug-likeness (QED) is 0.637. The van der Waals surface area contributed by atoms with E-state index in [2.05, 4.69) is 49.3 Å². The maximum atomic E-state index is 6.60. The number of rotatable bonds is 6. The highest BCUT2D eigenvalue weighted by Crippen LogP contribution is 2.43. The van der Waals surface area contributed by atoms with Gasteiger partial charge in [0.2, 0.25) is 0 Å². The molecule has 0 amide bonds. The number of aliphatic imine (C=N–C) groups is 1. The molecule has 29 heavy (non-hydrogen) atoms. The van der Waals surface area contributed by atoms with Crippen LogP contribution < -0.4 is 0 Å². The van der Waals surface area contributed by atoms with Crippen LogP contribution in [0.15, 0.2) is 23.5 Å². The summed E-state index contributed by atoms with van der Waals surface area (Å²) in [6.07, 6.45) is 12.5. The molecule has 0 bridgehead atoms. The van der Waals surface area contributed by atoms with Gasteiger partial charge in [0.05, 0.1) is 23.9 Å². The Hall–Kier alpha value is -2.28. The van der Waals surface area contributed by atoms with Crippen molar-refractivity contribution >= 4 is 23.5 Å². The molecule has 2 fully saturated rings. The SMILES string of the molecule is C=NCC1CCC(O[C@@H]2C[C@@H](CC)[C@@H](c3nnc4cnc5[nH]ccc5n34)C2)CC1. The first-order chi connectivity index (χ1) is 14.3. The van der Waals surface area contributed by atoms with Gasteiger partial charge in [0.15, 0.2) is 11.3 Å². The lowest BCUT2D eigenvalue weighted by Gasteiger charge is -2.29. The molecule has 7 heteroatoms. The normalized spacial score (nSPS) is 30.3. The maximum Gasteiger partial charge on any atom is 0.179 e. The Labute approximate surface area is 171 Å². The lowest BCUT2D eigenvalue weighted by atomic mass is 9.87. The van der Waals surface area contributed by atoms with Crippen molar-refractivity contribution in [2.75, 3.05) is 6.54 Å². The fraction of sp³-hybridized carbons (Fsp3) is 0.636. The van der Waals surface area contributed by atoms with Crippen molar-refractivity contribution in [2.45, 2.75) is 70.0 Å². The molecule has 3 heterocycles. The van der Waals surface area contributed by atoms with E-state index in [0.29, 0.717) is 30.0 Å². The van der Waals surface area contributed by atoms with Gasteiger partial charge in [0.25, 0.3) is 0 Å². The molecule has 2 aliphatic rings. The Balaban J connectivity index is 1.33. The molecular formula is C22H30N6O. The van der Waals surface area contributed by atoms with Gasteiger partial charge in [-0.3, -0.25) is 4.40 Å². The van der Waals surface area contributed by atoms with Crippen molar-refractivity contribution in [3.8, 4) is 0 Å². The van der Waals surface area contributed by atoms with Gasteiger partial charge in [-0.25, -0.2) is 4.98 Å².